The number of amides is 1. The molecule has 8 heteroatoms. The molecule has 1 aromatic heterocycles. The average molecular weight is 431 g/mol. The van der Waals surface area contributed by atoms with E-state index in [2.05, 4.69) is 14.8 Å². The SMILES string of the molecule is O=C(c1ccc(SCCN2CCOCC2)nc1)N1CCN(c2ccc(F)cc2)CC1. The third-order valence-corrected chi connectivity index (χ3v) is 6.43. The second-order valence-electron chi connectivity index (χ2n) is 7.44. The van der Waals surface area contributed by atoms with Crippen LogP contribution in [-0.4, -0.2) is 85.5 Å². The largest absolute Gasteiger partial charge is 0.379 e. The van der Waals surface area contributed by atoms with E-state index in [1.165, 1.54) is 12.1 Å². The molecule has 0 unspecified atom stereocenters. The van der Waals surface area contributed by atoms with Gasteiger partial charge >= 0.3 is 0 Å². The van der Waals surface area contributed by atoms with Gasteiger partial charge in [0.25, 0.3) is 5.91 Å². The number of ether oxygens (including phenoxy) is 1. The molecule has 2 saturated heterocycles. The first-order valence-corrected chi connectivity index (χ1v) is 11.4. The van der Waals surface area contributed by atoms with E-state index in [-0.39, 0.29) is 11.7 Å². The Labute approximate surface area is 181 Å². The van der Waals surface area contributed by atoms with E-state index < -0.39 is 0 Å². The number of thioether (sulfide) groups is 1. The number of carbonyl (C=O) groups is 1. The first-order chi connectivity index (χ1) is 14.7. The van der Waals surface area contributed by atoms with E-state index in [1.807, 2.05) is 17.0 Å². The van der Waals surface area contributed by atoms with Crippen molar-refractivity contribution in [2.45, 2.75) is 5.03 Å². The first kappa shape index (κ1) is 21.1. The van der Waals surface area contributed by atoms with Crippen molar-refractivity contribution in [3.63, 3.8) is 0 Å². The van der Waals surface area contributed by atoms with E-state index in [1.54, 1.807) is 30.1 Å². The van der Waals surface area contributed by atoms with Crippen LogP contribution in [0.1, 0.15) is 10.4 Å². The molecule has 2 aliphatic rings. The van der Waals surface area contributed by atoms with Gasteiger partial charge in [-0.25, -0.2) is 9.37 Å². The molecule has 0 aliphatic carbocycles. The number of piperazine rings is 1. The lowest BCUT2D eigenvalue weighted by Crippen LogP contribution is -2.48. The van der Waals surface area contributed by atoms with Gasteiger partial charge in [-0.15, -0.1) is 11.8 Å². The summed E-state index contributed by atoms with van der Waals surface area (Å²) in [5, 5.41) is 0.945. The fourth-order valence-electron chi connectivity index (χ4n) is 3.70. The molecule has 0 radical (unpaired) electrons. The number of hydrogen-bond donors (Lipinski definition) is 0. The number of aromatic nitrogens is 1. The lowest BCUT2D eigenvalue weighted by atomic mass is 10.2. The molecule has 1 amide bonds. The maximum atomic E-state index is 13.1. The predicted octanol–water partition coefficient (Wildman–Crippen LogP) is 2.61. The molecule has 6 nitrogen and oxygen atoms in total. The van der Waals surface area contributed by atoms with Gasteiger partial charge in [-0.2, -0.15) is 0 Å². The minimum absolute atomic E-state index is 0.0196. The highest BCUT2D eigenvalue weighted by atomic mass is 32.2. The zero-order valence-corrected chi connectivity index (χ0v) is 17.8. The molecule has 0 bridgehead atoms. The van der Waals surface area contributed by atoms with Crippen LogP contribution in [0.5, 0.6) is 0 Å². The third-order valence-electron chi connectivity index (χ3n) is 5.50. The van der Waals surface area contributed by atoms with E-state index in [0.29, 0.717) is 18.7 Å². The van der Waals surface area contributed by atoms with Crippen LogP contribution < -0.4 is 4.90 Å². The average Bonchev–Trinajstić information content (AvgIpc) is 2.80. The van der Waals surface area contributed by atoms with Crippen molar-refractivity contribution >= 4 is 23.4 Å². The number of morpholine rings is 1. The van der Waals surface area contributed by atoms with Crippen molar-refractivity contribution in [1.29, 1.82) is 0 Å². The lowest BCUT2D eigenvalue weighted by Gasteiger charge is -2.36. The Bertz CT molecular complexity index is 820. The summed E-state index contributed by atoms with van der Waals surface area (Å²) in [6.45, 7) is 7.41. The van der Waals surface area contributed by atoms with Crippen LogP contribution in [0.4, 0.5) is 10.1 Å². The molecule has 2 aromatic rings. The van der Waals surface area contributed by atoms with Crippen LogP contribution in [0, 0.1) is 5.82 Å². The quantitative estimate of drug-likeness (QED) is 0.657. The number of benzene rings is 1. The molecule has 3 heterocycles. The summed E-state index contributed by atoms with van der Waals surface area (Å²) in [6, 6.07) is 10.3. The zero-order chi connectivity index (χ0) is 20.8. The predicted molar refractivity (Wildman–Crippen MR) is 117 cm³/mol. The number of halogens is 1. The Morgan fingerprint density at radius 2 is 1.73 bits per heavy atom. The van der Waals surface area contributed by atoms with Gasteiger partial charge in [0.15, 0.2) is 0 Å². The number of hydrogen-bond acceptors (Lipinski definition) is 6. The Morgan fingerprint density at radius 3 is 2.40 bits per heavy atom. The number of pyridine rings is 1. The highest BCUT2D eigenvalue weighted by Gasteiger charge is 2.22. The van der Waals surface area contributed by atoms with Crippen LogP contribution in [-0.2, 0) is 4.74 Å². The summed E-state index contributed by atoms with van der Waals surface area (Å²) in [7, 11) is 0. The van der Waals surface area contributed by atoms with Crippen LogP contribution in [0.2, 0.25) is 0 Å². The summed E-state index contributed by atoms with van der Waals surface area (Å²) in [4.78, 5) is 23.7. The Hall–Kier alpha value is -2.16. The van der Waals surface area contributed by atoms with Gasteiger partial charge in [0, 0.05) is 63.5 Å². The van der Waals surface area contributed by atoms with Gasteiger partial charge in [0.1, 0.15) is 5.82 Å². The molecule has 160 valence electrons. The molecule has 2 fully saturated rings. The number of anilines is 1. The maximum absolute atomic E-state index is 13.1. The van der Waals surface area contributed by atoms with E-state index >= 15 is 0 Å². The van der Waals surface area contributed by atoms with Gasteiger partial charge < -0.3 is 14.5 Å². The van der Waals surface area contributed by atoms with Crippen LogP contribution in [0.15, 0.2) is 47.6 Å². The van der Waals surface area contributed by atoms with Crippen LogP contribution >= 0.6 is 11.8 Å². The Balaban J connectivity index is 1.24. The zero-order valence-electron chi connectivity index (χ0n) is 17.0. The van der Waals surface area contributed by atoms with Crippen LogP contribution in [0.25, 0.3) is 0 Å². The molecule has 0 atom stereocenters. The van der Waals surface area contributed by atoms with Gasteiger partial charge in [-0.1, -0.05) is 0 Å². The van der Waals surface area contributed by atoms with E-state index in [0.717, 1.165) is 62.4 Å². The van der Waals surface area contributed by atoms with Crippen molar-refractivity contribution < 1.29 is 13.9 Å². The van der Waals surface area contributed by atoms with Gasteiger partial charge in [-0.3, -0.25) is 9.69 Å². The van der Waals surface area contributed by atoms with Crippen molar-refractivity contribution in [2.24, 2.45) is 0 Å². The van der Waals surface area contributed by atoms with E-state index in [9.17, 15) is 9.18 Å². The summed E-state index contributed by atoms with van der Waals surface area (Å²) in [5.74, 6) is 0.764. The van der Waals surface area contributed by atoms with Crippen molar-refractivity contribution in [2.75, 3.05) is 69.7 Å². The summed E-state index contributed by atoms with van der Waals surface area (Å²) < 4.78 is 18.5. The van der Waals surface area contributed by atoms with Gasteiger partial charge in [0.05, 0.1) is 23.8 Å². The minimum atomic E-state index is -0.234. The van der Waals surface area contributed by atoms with Crippen molar-refractivity contribution in [3.05, 3.63) is 54.0 Å². The molecule has 0 spiro atoms. The molecule has 4 rings (SSSR count). The molecule has 0 saturated carbocycles. The molecule has 30 heavy (non-hydrogen) atoms. The third kappa shape index (κ3) is 5.50. The summed E-state index contributed by atoms with van der Waals surface area (Å²) in [6.07, 6.45) is 1.69. The highest BCUT2D eigenvalue weighted by Crippen LogP contribution is 2.19. The maximum Gasteiger partial charge on any atom is 0.255 e. The molecule has 1 aromatic carbocycles. The number of rotatable bonds is 6. The molecular formula is C22H27FN4O2S. The standard InChI is InChI=1S/C22H27FN4O2S/c23-19-2-4-20(5-3-19)26-7-9-27(10-8-26)22(28)18-1-6-21(24-17-18)30-16-13-25-11-14-29-15-12-25/h1-6,17H,7-16H2. The van der Waals surface area contributed by atoms with Gasteiger partial charge in [-0.05, 0) is 36.4 Å². The van der Waals surface area contributed by atoms with Crippen molar-refractivity contribution in [1.82, 2.24) is 14.8 Å². The fourth-order valence-corrected chi connectivity index (χ4v) is 4.55. The smallest absolute Gasteiger partial charge is 0.255 e. The Kier molecular flexibility index (Phi) is 7.20. The summed E-state index contributed by atoms with van der Waals surface area (Å²) in [5.41, 5.74) is 1.62. The Morgan fingerprint density at radius 1 is 1.00 bits per heavy atom. The van der Waals surface area contributed by atoms with Crippen molar-refractivity contribution in [3.8, 4) is 0 Å². The lowest BCUT2D eigenvalue weighted by molar-refractivity contribution is 0.0410. The second kappa shape index (κ2) is 10.2. The number of carbonyl (C=O) groups excluding carboxylic acids is 1. The van der Waals surface area contributed by atoms with E-state index in [4.69, 9.17) is 4.74 Å². The minimum Gasteiger partial charge on any atom is -0.379 e. The normalized spacial score (nSPS) is 17.9. The molecule has 0 N–H and O–H groups in total. The number of nitrogens with zero attached hydrogens (tertiary/aromatic N) is 4. The summed E-state index contributed by atoms with van der Waals surface area (Å²) >= 11 is 1.72. The molecular weight excluding hydrogens is 403 g/mol. The second-order valence-corrected chi connectivity index (χ2v) is 8.56. The first-order valence-electron chi connectivity index (χ1n) is 10.4. The molecule has 2 aliphatic heterocycles. The highest BCUT2D eigenvalue weighted by molar-refractivity contribution is 7.99. The van der Waals surface area contributed by atoms with Crippen LogP contribution in [0.3, 0.4) is 0 Å². The monoisotopic (exact) mass is 430 g/mol. The topological polar surface area (TPSA) is 48.9 Å². The van der Waals surface area contributed by atoms with Gasteiger partial charge in [0.2, 0.25) is 0 Å². The fraction of sp³-hybridized carbons (Fsp3) is 0.455.